The normalized spacial score (nSPS) is 21.8. The lowest BCUT2D eigenvalue weighted by molar-refractivity contribution is -0.161. The average Bonchev–Trinajstić information content (AvgIpc) is 2.95. The number of benzene rings is 3. The molecule has 1 aliphatic heterocycles. The van der Waals surface area contributed by atoms with E-state index in [2.05, 4.69) is 0 Å². The van der Waals surface area contributed by atoms with E-state index in [0.29, 0.717) is 43.6 Å². The van der Waals surface area contributed by atoms with Crippen LogP contribution in [0.4, 0.5) is 0 Å². The van der Waals surface area contributed by atoms with Gasteiger partial charge in [0, 0.05) is 18.5 Å². The van der Waals surface area contributed by atoms with Crippen LogP contribution in [0.1, 0.15) is 54.0 Å². The second-order valence-corrected chi connectivity index (χ2v) is 10.0. The maximum atomic E-state index is 14.0. The van der Waals surface area contributed by atoms with Crippen molar-refractivity contribution in [3.8, 4) is 5.75 Å². The molecule has 1 heterocycles. The molecule has 3 aromatic carbocycles. The lowest BCUT2D eigenvalue weighted by Crippen LogP contribution is -2.51. The van der Waals surface area contributed by atoms with Gasteiger partial charge in [-0.25, -0.2) is 4.79 Å². The number of fused-ring (bicyclic) bond motifs is 1. The molecule has 0 spiro atoms. The largest absolute Gasteiger partial charge is 0.489 e. The molecule has 2 aliphatic rings. The summed E-state index contributed by atoms with van der Waals surface area (Å²) in [5.41, 5.74) is 3.40. The number of aliphatic hydroxyl groups excluding tert-OH is 1. The summed E-state index contributed by atoms with van der Waals surface area (Å²) in [4.78, 5) is 27.9. The highest BCUT2D eigenvalue weighted by Crippen LogP contribution is 2.35. The van der Waals surface area contributed by atoms with Gasteiger partial charge in [0.2, 0.25) is 0 Å². The van der Waals surface area contributed by atoms with Gasteiger partial charge in [-0.1, -0.05) is 72.8 Å². The third kappa shape index (κ3) is 5.90. The van der Waals surface area contributed by atoms with E-state index in [9.17, 15) is 19.8 Å². The summed E-state index contributed by atoms with van der Waals surface area (Å²) in [6.45, 7) is 0.529. The monoisotopic (exact) mass is 515 g/mol. The second kappa shape index (κ2) is 11.8. The number of hydrogen-bond acceptors (Lipinski definition) is 5. The summed E-state index contributed by atoms with van der Waals surface area (Å²) in [6.07, 6.45) is 1.29. The van der Waals surface area contributed by atoms with Gasteiger partial charge >= 0.3 is 5.97 Å². The fourth-order valence-electron chi connectivity index (χ4n) is 5.34. The molecule has 2 N–H and O–H groups in total. The minimum atomic E-state index is -1.06. The zero-order valence-electron chi connectivity index (χ0n) is 21.2. The number of nitrogens with zero attached hydrogens (tertiary/aromatic N) is 1. The number of carboxylic acid groups (broad SMARTS) is 1. The van der Waals surface area contributed by atoms with Gasteiger partial charge in [0.25, 0.3) is 5.91 Å². The fourth-order valence-corrected chi connectivity index (χ4v) is 5.34. The van der Waals surface area contributed by atoms with Gasteiger partial charge < -0.3 is 24.6 Å². The van der Waals surface area contributed by atoms with Gasteiger partial charge in [0.05, 0.1) is 12.2 Å². The Labute approximate surface area is 222 Å². The van der Waals surface area contributed by atoms with E-state index >= 15 is 0 Å². The van der Waals surface area contributed by atoms with Crippen molar-refractivity contribution >= 4 is 11.9 Å². The Morgan fingerprint density at radius 3 is 2.26 bits per heavy atom. The Balaban J connectivity index is 1.40. The van der Waals surface area contributed by atoms with E-state index in [1.165, 1.54) is 4.90 Å². The van der Waals surface area contributed by atoms with Crippen molar-refractivity contribution in [2.75, 3.05) is 0 Å². The van der Waals surface area contributed by atoms with Gasteiger partial charge in [-0.15, -0.1) is 0 Å². The molecule has 0 bridgehead atoms. The van der Waals surface area contributed by atoms with Gasteiger partial charge in [-0.3, -0.25) is 4.79 Å². The van der Waals surface area contributed by atoms with Crippen molar-refractivity contribution in [3.05, 3.63) is 101 Å². The number of amides is 1. The Morgan fingerprint density at radius 1 is 0.895 bits per heavy atom. The van der Waals surface area contributed by atoms with E-state index in [1.807, 2.05) is 78.9 Å². The molecule has 2 unspecified atom stereocenters. The molecule has 1 saturated carbocycles. The van der Waals surface area contributed by atoms with Crippen LogP contribution in [0, 0.1) is 0 Å². The van der Waals surface area contributed by atoms with E-state index in [1.54, 1.807) is 0 Å². The van der Waals surface area contributed by atoms with Crippen LogP contribution in [-0.2, 0) is 33.9 Å². The zero-order valence-corrected chi connectivity index (χ0v) is 21.2. The minimum absolute atomic E-state index is 0.151. The first-order chi connectivity index (χ1) is 18.5. The van der Waals surface area contributed by atoms with Crippen LogP contribution in [0.3, 0.4) is 0 Å². The Kier molecular flexibility index (Phi) is 8.05. The molecule has 7 nitrogen and oxygen atoms in total. The predicted molar refractivity (Wildman–Crippen MR) is 141 cm³/mol. The molecule has 2 atom stereocenters. The molecule has 3 aromatic rings. The summed E-state index contributed by atoms with van der Waals surface area (Å²) in [7, 11) is 0. The lowest BCUT2D eigenvalue weighted by Gasteiger charge is -2.38. The molecule has 1 amide bonds. The molecule has 0 saturated heterocycles. The maximum Gasteiger partial charge on any atom is 0.326 e. The van der Waals surface area contributed by atoms with Crippen molar-refractivity contribution in [2.24, 2.45) is 0 Å². The Morgan fingerprint density at radius 2 is 1.58 bits per heavy atom. The van der Waals surface area contributed by atoms with Crippen LogP contribution in [0.25, 0.3) is 0 Å². The standard InChI is InChI=1S/C31H33NO6/c33-24-14-16-25(17-15-24)38-29(22-10-5-2-6-11-22)30(34)32-19-23-12-7-13-28(26(23)18-27(32)31(35)36)37-20-21-8-3-1-4-9-21/h1-13,24-25,27,29,33H,14-20H2,(H,35,36). The topological polar surface area (TPSA) is 96.3 Å². The SMILES string of the molecule is O=C(O)C1Cc2c(cccc2OCc2ccccc2)CN1C(=O)C(OC1CCC(O)CC1)c1ccccc1. The number of aliphatic hydroxyl groups is 1. The second-order valence-electron chi connectivity index (χ2n) is 10.0. The maximum absolute atomic E-state index is 14.0. The summed E-state index contributed by atoms with van der Waals surface area (Å²) in [5, 5.41) is 20.1. The van der Waals surface area contributed by atoms with E-state index in [-0.39, 0.29) is 31.1 Å². The van der Waals surface area contributed by atoms with Crippen molar-refractivity contribution in [2.45, 2.75) is 69.6 Å². The van der Waals surface area contributed by atoms with Crippen LogP contribution in [-0.4, -0.2) is 45.2 Å². The number of carboxylic acids is 1. The lowest BCUT2D eigenvalue weighted by atomic mass is 9.91. The molecule has 198 valence electrons. The number of ether oxygens (including phenoxy) is 2. The van der Waals surface area contributed by atoms with Crippen molar-refractivity contribution in [1.29, 1.82) is 0 Å². The average molecular weight is 516 g/mol. The Hall–Kier alpha value is -3.68. The highest BCUT2D eigenvalue weighted by Gasteiger charge is 2.40. The Bertz CT molecular complexity index is 1240. The molecule has 38 heavy (non-hydrogen) atoms. The molecular formula is C31H33NO6. The number of rotatable bonds is 8. The summed E-state index contributed by atoms with van der Waals surface area (Å²) in [5.74, 6) is -0.785. The van der Waals surface area contributed by atoms with Gasteiger partial charge in [0.1, 0.15) is 18.4 Å². The van der Waals surface area contributed by atoms with Crippen molar-refractivity contribution in [1.82, 2.24) is 4.90 Å². The first-order valence-corrected chi connectivity index (χ1v) is 13.2. The van der Waals surface area contributed by atoms with Crippen LogP contribution >= 0.6 is 0 Å². The smallest absolute Gasteiger partial charge is 0.326 e. The molecule has 0 radical (unpaired) electrons. The summed E-state index contributed by atoms with van der Waals surface area (Å²) < 4.78 is 12.4. The molecule has 5 rings (SSSR count). The van der Waals surface area contributed by atoms with E-state index in [0.717, 1.165) is 16.7 Å². The highest BCUT2D eigenvalue weighted by molar-refractivity contribution is 5.88. The van der Waals surface area contributed by atoms with Gasteiger partial charge in [-0.05, 0) is 48.4 Å². The number of carbonyl (C=O) groups excluding carboxylic acids is 1. The zero-order chi connectivity index (χ0) is 26.5. The predicted octanol–water partition coefficient (Wildman–Crippen LogP) is 4.66. The quantitative estimate of drug-likeness (QED) is 0.453. The molecule has 1 aliphatic carbocycles. The molecular weight excluding hydrogens is 482 g/mol. The molecule has 0 aromatic heterocycles. The van der Waals surface area contributed by atoms with Crippen LogP contribution < -0.4 is 4.74 Å². The van der Waals surface area contributed by atoms with E-state index < -0.39 is 18.1 Å². The number of aliphatic carboxylic acids is 1. The van der Waals surface area contributed by atoms with Gasteiger partial charge in [0.15, 0.2) is 6.10 Å². The third-order valence-corrected chi connectivity index (χ3v) is 7.45. The first kappa shape index (κ1) is 25.9. The fraction of sp³-hybridized carbons (Fsp3) is 0.355. The van der Waals surface area contributed by atoms with Crippen LogP contribution in [0.2, 0.25) is 0 Å². The number of hydrogen-bond donors (Lipinski definition) is 2. The van der Waals surface area contributed by atoms with Crippen molar-refractivity contribution in [3.63, 3.8) is 0 Å². The summed E-state index contributed by atoms with van der Waals surface area (Å²) >= 11 is 0. The third-order valence-electron chi connectivity index (χ3n) is 7.45. The van der Waals surface area contributed by atoms with Crippen LogP contribution in [0.5, 0.6) is 5.75 Å². The van der Waals surface area contributed by atoms with Gasteiger partial charge in [-0.2, -0.15) is 0 Å². The summed E-state index contributed by atoms with van der Waals surface area (Å²) in [6, 6.07) is 23.6. The first-order valence-electron chi connectivity index (χ1n) is 13.2. The minimum Gasteiger partial charge on any atom is -0.489 e. The molecule has 7 heteroatoms. The van der Waals surface area contributed by atoms with Crippen LogP contribution in [0.15, 0.2) is 78.9 Å². The number of carbonyl (C=O) groups is 2. The highest BCUT2D eigenvalue weighted by atomic mass is 16.5. The molecule has 1 fully saturated rings. The van der Waals surface area contributed by atoms with Crippen molar-refractivity contribution < 1.29 is 29.3 Å². The van der Waals surface area contributed by atoms with E-state index in [4.69, 9.17) is 9.47 Å².